The molecule has 1 amide bonds. The van der Waals surface area contributed by atoms with Gasteiger partial charge in [0.25, 0.3) is 5.91 Å². The SMILES string of the molecule is O=C(c1nn(-c2cc(F)cc(F)c2)c2c1CC(NCCc1ccccc1)CC2)N1CCCCC1. The van der Waals surface area contributed by atoms with Gasteiger partial charge in [0.05, 0.1) is 5.69 Å². The highest BCUT2D eigenvalue weighted by atomic mass is 19.1. The third-order valence-electron chi connectivity index (χ3n) is 6.90. The largest absolute Gasteiger partial charge is 0.337 e. The molecule has 34 heavy (non-hydrogen) atoms. The number of hydrogen-bond donors (Lipinski definition) is 1. The third kappa shape index (κ3) is 4.89. The van der Waals surface area contributed by atoms with Crippen molar-refractivity contribution in [2.45, 2.75) is 51.0 Å². The number of aromatic nitrogens is 2. The molecule has 2 heterocycles. The minimum atomic E-state index is -0.653. The van der Waals surface area contributed by atoms with E-state index in [0.717, 1.165) is 69.1 Å². The highest BCUT2D eigenvalue weighted by molar-refractivity contribution is 5.94. The maximum Gasteiger partial charge on any atom is 0.274 e. The molecule has 1 N–H and O–H groups in total. The number of nitrogens with zero attached hydrogens (tertiary/aromatic N) is 3. The van der Waals surface area contributed by atoms with E-state index >= 15 is 0 Å². The first-order valence-corrected chi connectivity index (χ1v) is 12.2. The third-order valence-corrected chi connectivity index (χ3v) is 6.90. The first-order chi connectivity index (χ1) is 16.6. The van der Waals surface area contributed by atoms with Crippen LogP contribution in [0.2, 0.25) is 0 Å². The first-order valence-electron chi connectivity index (χ1n) is 12.2. The fourth-order valence-corrected chi connectivity index (χ4v) is 5.15. The molecule has 2 aromatic carbocycles. The lowest BCUT2D eigenvalue weighted by Crippen LogP contribution is -2.38. The number of carbonyl (C=O) groups is 1. The van der Waals surface area contributed by atoms with Gasteiger partial charge in [0.1, 0.15) is 11.6 Å². The summed E-state index contributed by atoms with van der Waals surface area (Å²) in [4.78, 5) is 15.3. The summed E-state index contributed by atoms with van der Waals surface area (Å²) in [5.74, 6) is -1.38. The van der Waals surface area contributed by atoms with E-state index in [1.165, 1.54) is 17.7 Å². The lowest BCUT2D eigenvalue weighted by molar-refractivity contribution is 0.0716. The molecule has 1 atom stereocenters. The van der Waals surface area contributed by atoms with Gasteiger partial charge in [0.15, 0.2) is 5.69 Å². The van der Waals surface area contributed by atoms with E-state index in [4.69, 9.17) is 0 Å². The molecule has 3 aromatic rings. The van der Waals surface area contributed by atoms with Crippen LogP contribution < -0.4 is 5.32 Å². The van der Waals surface area contributed by atoms with Gasteiger partial charge < -0.3 is 10.2 Å². The highest BCUT2D eigenvalue weighted by Gasteiger charge is 2.32. The molecule has 178 valence electrons. The summed E-state index contributed by atoms with van der Waals surface area (Å²) < 4.78 is 29.5. The van der Waals surface area contributed by atoms with Gasteiger partial charge in [-0.25, -0.2) is 13.5 Å². The number of halogens is 2. The van der Waals surface area contributed by atoms with Crippen molar-refractivity contribution in [3.05, 3.63) is 82.7 Å². The van der Waals surface area contributed by atoms with E-state index in [-0.39, 0.29) is 11.9 Å². The number of carbonyl (C=O) groups excluding carboxylic acids is 1. The highest BCUT2D eigenvalue weighted by Crippen LogP contribution is 2.29. The quantitative estimate of drug-likeness (QED) is 0.586. The van der Waals surface area contributed by atoms with Crippen molar-refractivity contribution in [2.24, 2.45) is 0 Å². The van der Waals surface area contributed by atoms with E-state index in [2.05, 4.69) is 22.5 Å². The Morgan fingerprint density at radius 1 is 1.03 bits per heavy atom. The summed E-state index contributed by atoms with van der Waals surface area (Å²) in [7, 11) is 0. The van der Waals surface area contributed by atoms with Gasteiger partial charge in [-0.2, -0.15) is 5.10 Å². The van der Waals surface area contributed by atoms with Gasteiger partial charge in [0.2, 0.25) is 0 Å². The van der Waals surface area contributed by atoms with Crippen LogP contribution in [0, 0.1) is 11.6 Å². The Hall–Kier alpha value is -3.06. The molecule has 5 rings (SSSR count). The molecule has 0 radical (unpaired) electrons. The van der Waals surface area contributed by atoms with Gasteiger partial charge in [-0.05, 0) is 69.2 Å². The second-order valence-electron chi connectivity index (χ2n) is 9.30. The van der Waals surface area contributed by atoms with Crippen molar-refractivity contribution < 1.29 is 13.6 Å². The van der Waals surface area contributed by atoms with E-state index in [9.17, 15) is 13.6 Å². The first kappa shape index (κ1) is 22.7. The summed E-state index contributed by atoms with van der Waals surface area (Å²) in [5, 5.41) is 8.29. The molecule has 0 spiro atoms. The molecule has 7 heteroatoms. The fourth-order valence-electron chi connectivity index (χ4n) is 5.15. The molecule has 0 saturated carbocycles. The molecule has 1 fully saturated rings. The zero-order valence-electron chi connectivity index (χ0n) is 19.3. The van der Waals surface area contributed by atoms with Crippen LogP contribution in [-0.4, -0.2) is 46.3 Å². The standard InChI is InChI=1S/C27H30F2N4O/c28-20-15-21(29)17-23(16-20)33-25-10-9-22(30-12-11-19-7-3-1-4-8-19)18-24(25)26(31-33)27(34)32-13-5-2-6-14-32/h1,3-4,7-8,15-17,22,30H,2,5-6,9-14,18H2. The van der Waals surface area contributed by atoms with Crippen molar-refractivity contribution in [3.63, 3.8) is 0 Å². The second kappa shape index (κ2) is 10.1. The van der Waals surface area contributed by atoms with Gasteiger partial charge in [-0.1, -0.05) is 30.3 Å². The normalized spacial score (nSPS) is 18.1. The van der Waals surface area contributed by atoms with Crippen molar-refractivity contribution in [3.8, 4) is 5.69 Å². The number of likely N-dealkylation sites (tertiary alicyclic amines) is 1. The van der Waals surface area contributed by atoms with Crippen LogP contribution >= 0.6 is 0 Å². The van der Waals surface area contributed by atoms with Crippen LogP contribution in [0.5, 0.6) is 0 Å². The summed E-state index contributed by atoms with van der Waals surface area (Å²) >= 11 is 0. The van der Waals surface area contributed by atoms with Gasteiger partial charge in [-0.3, -0.25) is 4.79 Å². The Labute approximate surface area is 198 Å². The topological polar surface area (TPSA) is 50.2 Å². The van der Waals surface area contributed by atoms with Gasteiger partial charge >= 0.3 is 0 Å². The molecule has 1 aliphatic carbocycles. The molecule has 0 bridgehead atoms. The summed E-state index contributed by atoms with van der Waals surface area (Å²) in [6, 6.07) is 14.0. The zero-order valence-corrected chi connectivity index (χ0v) is 19.3. The van der Waals surface area contributed by atoms with Crippen molar-refractivity contribution in [1.82, 2.24) is 20.0 Å². The maximum atomic E-state index is 14.0. The lowest BCUT2D eigenvalue weighted by Gasteiger charge is -2.27. The molecular weight excluding hydrogens is 434 g/mol. The monoisotopic (exact) mass is 464 g/mol. The van der Waals surface area contributed by atoms with Crippen LogP contribution in [0.3, 0.4) is 0 Å². The number of hydrogen-bond acceptors (Lipinski definition) is 3. The van der Waals surface area contributed by atoms with Crippen LogP contribution in [0.1, 0.15) is 53.0 Å². The molecule has 1 aliphatic heterocycles. The number of nitrogens with one attached hydrogen (secondary N) is 1. The lowest BCUT2D eigenvalue weighted by atomic mass is 9.90. The molecule has 2 aliphatic rings. The van der Waals surface area contributed by atoms with Gasteiger partial charge in [0, 0.05) is 36.5 Å². The van der Waals surface area contributed by atoms with Crippen LogP contribution in [0.25, 0.3) is 5.69 Å². The Morgan fingerprint density at radius 2 is 1.76 bits per heavy atom. The zero-order chi connectivity index (χ0) is 23.5. The Kier molecular flexibility index (Phi) is 6.72. The number of amides is 1. The summed E-state index contributed by atoms with van der Waals surface area (Å²) in [6.07, 6.45) is 6.30. The minimum Gasteiger partial charge on any atom is -0.337 e. The van der Waals surface area contributed by atoms with Crippen LogP contribution in [0.4, 0.5) is 8.78 Å². The average molecular weight is 465 g/mol. The van der Waals surface area contributed by atoms with E-state index in [1.54, 1.807) is 4.68 Å². The van der Waals surface area contributed by atoms with Crippen LogP contribution in [-0.2, 0) is 19.3 Å². The molecule has 1 unspecified atom stereocenters. The van der Waals surface area contributed by atoms with E-state index in [1.807, 2.05) is 23.1 Å². The van der Waals surface area contributed by atoms with E-state index < -0.39 is 11.6 Å². The predicted molar refractivity (Wildman–Crippen MR) is 127 cm³/mol. The Balaban J connectivity index is 1.41. The van der Waals surface area contributed by atoms with Crippen LogP contribution in [0.15, 0.2) is 48.5 Å². The molecule has 1 aromatic heterocycles. The predicted octanol–water partition coefficient (Wildman–Crippen LogP) is 4.47. The fraction of sp³-hybridized carbons (Fsp3) is 0.407. The summed E-state index contributed by atoms with van der Waals surface area (Å²) in [6.45, 7) is 2.31. The molecular formula is C27H30F2N4O. The minimum absolute atomic E-state index is 0.0727. The average Bonchev–Trinajstić information content (AvgIpc) is 3.23. The Bertz CT molecular complexity index is 1130. The van der Waals surface area contributed by atoms with E-state index in [0.29, 0.717) is 24.2 Å². The molecule has 5 nitrogen and oxygen atoms in total. The maximum absolute atomic E-state index is 14.0. The van der Waals surface area contributed by atoms with Crippen molar-refractivity contribution >= 4 is 5.91 Å². The smallest absolute Gasteiger partial charge is 0.274 e. The Morgan fingerprint density at radius 3 is 2.50 bits per heavy atom. The number of rotatable bonds is 6. The number of piperidine rings is 1. The van der Waals surface area contributed by atoms with Crippen molar-refractivity contribution in [1.29, 1.82) is 0 Å². The van der Waals surface area contributed by atoms with Gasteiger partial charge in [-0.15, -0.1) is 0 Å². The van der Waals surface area contributed by atoms with Crippen molar-refractivity contribution in [2.75, 3.05) is 19.6 Å². The summed E-state index contributed by atoms with van der Waals surface area (Å²) in [5.41, 5.74) is 3.82. The second-order valence-corrected chi connectivity index (χ2v) is 9.30. The number of fused-ring (bicyclic) bond motifs is 1. The number of benzene rings is 2. The molecule has 1 saturated heterocycles.